The largest absolute Gasteiger partial charge is 0.497 e. The number of anilines is 1. The number of amides is 1. The Hall–Kier alpha value is -3.22. The Morgan fingerprint density at radius 3 is 2.62 bits per heavy atom. The number of hydrogen-bond donors (Lipinski definition) is 1. The molecule has 0 atom stereocenters. The minimum Gasteiger partial charge on any atom is -0.497 e. The molecule has 29 heavy (non-hydrogen) atoms. The second-order valence-corrected chi connectivity index (χ2v) is 7.13. The summed E-state index contributed by atoms with van der Waals surface area (Å²) in [5, 5.41) is 11.5. The van der Waals surface area contributed by atoms with Crippen molar-refractivity contribution in [1.29, 1.82) is 0 Å². The summed E-state index contributed by atoms with van der Waals surface area (Å²) < 4.78 is 21.3. The van der Waals surface area contributed by atoms with Gasteiger partial charge in [-0.3, -0.25) is 4.79 Å². The van der Waals surface area contributed by atoms with Crippen molar-refractivity contribution in [3.05, 3.63) is 59.7 Å². The van der Waals surface area contributed by atoms with Gasteiger partial charge >= 0.3 is 0 Å². The second kappa shape index (κ2) is 8.43. The van der Waals surface area contributed by atoms with Gasteiger partial charge in [0.1, 0.15) is 17.4 Å². The molecular weight excluding hydrogens is 371 g/mol. The quantitative estimate of drug-likeness (QED) is 0.709. The lowest BCUT2D eigenvalue weighted by atomic mass is 10.1. The van der Waals surface area contributed by atoms with Gasteiger partial charge in [0.15, 0.2) is 5.82 Å². The summed E-state index contributed by atoms with van der Waals surface area (Å²) in [4.78, 5) is 12.4. The summed E-state index contributed by atoms with van der Waals surface area (Å²) in [5.74, 6) is 1.12. The molecule has 0 aliphatic carbocycles. The number of halogens is 1. The van der Waals surface area contributed by atoms with Gasteiger partial charge in [0.05, 0.1) is 12.7 Å². The summed E-state index contributed by atoms with van der Waals surface area (Å²) in [6.07, 6.45) is 5.69. The predicted molar refractivity (Wildman–Crippen MR) is 109 cm³/mol. The first-order valence-corrected chi connectivity index (χ1v) is 9.83. The van der Waals surface area contributed by atoms with E-state index in [2.05, 4.69) is 20.1 Å². The van der Waals surface area contributed by atoms with Crippen molar-refractivity contribution >= 4 is 11.6 Å². The monoisotopic (exact) mass is 394 g/mol. The average Bonchev–Trinajstić information content (AvgIpc) is 3.09. The number of benzene rings is 2. The van der Waals surface area contributed by atoms with E-state index in [4.69, 9.17) is 4.74 Å². The molecule has 0 radical (unpaired) electrons. The Bertz CT molecular complexity index is 1010. The lowest BCUT2D eigenvalue weighted by Gasteiger charge is -2.13. The number of aromatic nitrogens is 3. The lowest BCUT2D eigenvalue weighted by molar-refractivity contribution is 0.102. The van der Waals surface area contributed by atoms with Crippen molar-refractivity contribution in [1.82, 2.24) is 14.8 Å². The van der Waals surface area contributed by atoms with E-state index in [0.717, 1.165) is 43.0 Å². The van der Waals surface area contributed by atoms with Crippen LogP contribution in [0.3, 0.4) is 0 Å². The van der Waals surface area contributed by atoms with Crippen LogP contribution in [-0.4, -0.2) is 27.8 Å². The van der Waals surface area contributed by atoms with Gasteiger partial charge in [0, 0.05) is 30.3 Å². The van der Waals surface area contributed by atoms with Crippen molar-refractivity contribution in [2.75, 3.05) is 12.4 Å². The number of nitrogens with one attached hydrogen (secondary N) is 1. The summed E-state index contributed by atoms with van der Waals surface area (Å²) in [7, 11) is 1.45. The number of fused-ring (bicyclic) bond motifs is 1. The fraction of sp³-hybridized carbons (Fsp3) is 0.318. The van der Waals surface area contributed by atoms with E-state index in [9.17, 15) is 9.18 Å². The van der Waals surface area contributed by atoms with Crippen molar-refractivity contribution in [3.8, 4) is 17.1 Å². The molecule has 1 aliphatic rings. The highest BCUT2D eigenvalue weighted by atomic mass is 19.1. The summed E-state index contributed by atoms with van der Waals surface area (Å²) in [6.45, 7) is 0.924. The minimum atomic E-state index is -0.624. The SMILES string of the molecule is COc1ccc(C(=O)Nc2ccc(-c3nnc4n3CCCCCC4)cc2)c(F)c1. The van der Waals surface area contributed by atoms with Gasteiger partial charge in [-0.15, -0.1) is 10.2 Å². The highest BCUT2D eigenvalue weighted by Gasteiger charge is 2.16. The fourth-order valence-corrected chi connectivity index (χ4v) is 3.58. The Labute approximate surface area is 168 Å². The molecule has 3 aromatic rings. The van der Waals surface area contributed by atoms with Gasteiger partial charge in [0.2, 0.25) is 0 Å². The van der Waals surface area contributed by atoms with Crippen LogP contribution >= 0.6 is 0 Å². The maximum Gasteiger partial charge on any atom is 0.258 e. The van der Waals surface area contributed by atoms with Crippen LogP contribution < -0.4 is 10.1 Å². The fourth-order valence-electron chi connectivity index (χ4n) is 3.58. The van der Waals surface area contributed by atoms with Gasteiger partial charge < -0.3 is 14.6 Å². The normalized spacial score (nSPS) is 13.9. The third-order valence-corrected chi connectivity index (χ3v) is 5.18. The molecule has 1 N–H and O–H groups in total. The molecule has 2 aromatic carbocycles. The van der Waals surface area contributed by atoms with E-state index in [-0.39, 0.29) is 5.56 Å². The maximum absolute atomic E-state index is 14.1. The van der Waals surface area contributed by atoms with E-state index in [1.165, 1.54) is 32.1 Å². The van der Waals surface area contributed by atoms with Gasteiger partial charge in [-0.25, -0.2) is 4.39 Å². The number of nitrogens with zero attached hydrogens (tertiary/aromatic N) is 3. The molecular formula is C22H23FN4O2. The lowest BCUT2D eigenvalue weighted by Crippen LogP contribution is -2.13. The Kier molecular flexibility index (Phi) is 5.55. The van der Waals surface area contributed by atoms with Gasteiger partial charge in [0.25, 0.3) is 5.91 Å². The van der Waals surface area contributed by atoms with Crippen LogP contribution in [0, 0.1) is 5.82 Å². The van der Waals surface area contributed by atoms with Crippen molar-refractivity contribution < 1.29 is 13.9 Å². The molecule has 0 fully saturated rings. The molecule has 7 heteroatoms. The number of carbonyl (C=O) groups is 1. The molecule has 0 bridgehead atoms. The topological polar surface area (TPSA) is 69.0 Å². The Morgan fingerprint density at radius 2 is 1.86 bits per heavy atom. The van der Waals surface area contributed by atoms with Gasteiger partial charge in [-0.05, 0) is 49.2 Å². The van der Waals surface area contributed by atoms with Crippen LogP contribution in [0.4, 0.5) is 10.1 Å². The molecule has 1 amide bonds. The van der Waals surface area contributed by atoms with Gasteiger partial charge in [-0.1, -0.05) is 12.8 Å². The highest BCUT2D eigenvalue weighted by molar-refractivity contribution is 6.04. The smallest absolute Gasteiger partial charge is 0.258 e. The minimum absolute atomic E-state index is 0.0336. The molecule has 2 heterocycles. The molecule has 6 nitrogen and oxygen atoms in total. The second-order valence-electron chi connectivity index (χ2n) is 7.13. The van der Waals surface area contributed by atoms with Crippen LogP contribution in [0.25, 0.3) is 11.4 Å². The number of hydrogen-bond acceptors (Lipinski definition) is 4. The van der Waals surface area contributed by atoms with Gasteiger partial charge in [-0.2, -0.15) is 0 Å². The van der Waals surface area contributed by atoms with E-state index in [1.807, 2.05) is 12.1 Å². The maximum atomic E-state index is 14.1. The van der Waals surface area contributed by atoms with E-state index < -0.39 is 11.7 Å². The Balaban J connectivity index is 1.51. The molecule has 0 saturated carbocycles. The number of methoxy groups -OCH3 is 1. The molecule has 4 rings (SSSR count). The van der Waals surface area contributed by atoms with Crippen LogP contribution in [0.2, 0.25) is 0 Å². The number of aryl methyl sites for hydroxylation is 1. The molecule has 0 unspecified atom stereocenters. The zero-order chi connectivity index (χ0) is 20.2. The van der Waals surface area contributed by atoms with E-state index >= 15 is 0 Å². The average molecular weight is 394 g/mol. The molecule has 1 aliphatic heterocycles. The first kappa shape index (κ1) is 19.1. The molecule has 0 spiro atoms. The predicted octanol–water partition coefficient (Wildman–Crippen LogP) is 4.46. The molecule has 1 aromatic heterocycles. The standard InChI is InChI=1S/C22H23FN4O2/c1-29-17-11-12-18(19(23)14-17)22(28)24-16-9-7-15(8-10-16)21-26-25-20-6-4-2-3-5-13-27(20)21/h7-12,14H,2-6,13H2,1H3,(H,24,28). The first-order chi connectivity index (χ1) is 14.2. The van der Waals surface area contributed by atoms with Crippen LogP contribution in [0.1, 0.15) is 41.9 Å². The summed E-state index contributed by atoms with van der Waals surface area (Å²) in [5.41, 5.74) is 1.49. The zero-order valence-electron chi connectivity index (χ0n) is 16.3. The van der Waals surface area contributed by atoms with E-state index in [1.54, 1.807) is 18.2 Å². The molecule has 0 saturated heterocycles. The zero-order valence-corrected chi connectivity index (χ0v) is 16.3. The van der Waals surface area contributed by atoms with E-state index in [0.29, 0.717) is 11.4 Å². The number of rotatable bonds is 4. The number of carbonyl (C=O) groups excluding carboxylic acids is 1. The van der Waals surface area contributed by atoms with Crippen LogP contribution in [0.5, 0.6) is 5.75 Å². The van der Waals surface area contributed by atoms with Crippen LogP contribution in [0.15, 0.2) is 42.5 Å². The highest BCUT2D eigenvalue weighted by Crippen LogP contribution is 2.24. The third kappa shape index (κ3) is 4.13. The van der Waals surface area contributed by atoms with Crippen molar-refractivity contribution in [2.45, 2.75) is 38.6 Å². The van der Waals surface area contributed by atoms with Crippen molar-refractivity contribution in [3.63, 3.8) is 0 Å². The molecule has 150 valence electrons. The first-order valence-electron chi connectivity index (χ1n) is 9.83. The third-order valence-electron chi connectivity index (χ3n) is 5.18. The summed E-state index contributed by atoms with van der Waals surface area (Å²) in [6, 6.07) is 11.5. The Morgan fingerprint density at radius 1 is 1.07 bits per heavy atom. The van der Waals surface area contributed by atoms with Crippen LogP contribution in [-0.2, 0) is 13.0 Å². The summed E-state index contributed by atoms with van der Waals surface area (Å²) >= 11 is 0. The number of ether oxygens (including phenoxy) is 1. The van der Waals surface area contributed by atoms with Crippen molar-refractivity contribution in [2.24, 2.45) is 0 Å².